The van der Waals surface area contributed by atoms with Gasteiger partial charge in [-0.05, 0) is 54.9 Å². The quantitative estimate of drug-likeness (QED) is 0.722. The van der Waals surface area contributed by atoms with Crippen molar-refractivity contribution in [3.8, 4) is 11.1 Å². The van der Waals surface area contributed by atoms with E-state index in [1.54, 1.807) is 0 Å². The minimum atomic E-state index is -1.08. The molecule has 1 unspecified atom stereocenters. The molecule has 2 aromatic carbocycles. The first-order valence-corrected chi connectivity index (χ1v) is 7.59. The molecule has 1 fully saturated rings. The summed E-state index contributed by atoms with van der Waals surface area (Å²) in [6, 6.07) is 14.2. The molecule has 3 rings (SSSR count). The molecule has 1 aliphatic rings. The molecule has 2 aromatic rings. The maximum atomic E-state index is 12.4. The fourth-order valence-corrected chi connectivity index (χ4v) is 2.77. The molecule has 1 aliphatic carbocycles. The van der Waals surface area contributed by atoms with Gasteiger partial charge >= 0.3 is 0 Å². The van der Waals surface area contributed by atoms with Crippen molar-refractivity contribution in [1.29, 1.82) is 0 Å². The zero-order chi connectivity index (χ0) is 14.8. The van der Waals surface area contributed by atoms with E-state index in [1.807, 2.05) is 37.3 Å². The van der Waals surface area contributed by atoms with Gasteiger partial charge in [-0.25, -0.2) is 0 Å². The average molecular weight is 281 g/mol. The van der Waals surface area contributed by atoms with Gasteiger partial charge in [0.2, 0.25) is 6.29 Å². The molecule has 0 bridgehead atoms. The second-order valence-corrected chi connectivity index (χ2v) is 5.95. The van der Waals surface area contributed by atoms with E-state index in [0.717, 1.165) is 22.3 Å². The number of rotatable bonds is 5. The van der Waals surface area contributed by atoms with Crippen LogP contribution in [-0.2, 0) is 9.84 Å². The van der Waals surface area contributed by atoms with Gasteiger partial charge in [0.1, 0.15) is 0 Å². The van der Waals surface area contributed by atoms with Crippen molar-refractivity contribution in [2.24, 2.45) is 5.92 Å². The number of hydrogen-bond acceptors (Lipinski definition) is 1. The Labute approximate surface area is 126 Å². The third-order valence-electron chi connectivity index (χ3n) is 4.21. The highest BCUT2D eigenvalue weighted by Gasteiger charge is 2.24. The smallest absolute Gasteiger partial charge is 0.217 e. The van der Waals surface area contributed by atoms with E-state index >= 15 is 0 Å². The topological polar surface area (TPSA) is 29.1 Å². The van der Waals surface area contributed by atoms with Gasteiger partial charge in [-0.2, -0.15) is 5.11 Å². The standard InChI is InChI=1S/C19H21O2/c1-13-8-11-17(19(20)21-12-15-9-10-15)14(2)18(13)16-6-4-3-5-7-16/h3-8,11,15,19H,9-10,12H2,1-2H3. The molecule has 0 N–H and O–H groups in total. The summed E-state index contributed by atoms with van der Waals surface area (Å²) >= 11 is 0. The van der Waals surface area contributed by atoms with Crippen LogP contribution in [0.25, 0.3) is 11.1 Å². The van der Waals surface area contributed by atoms with Crippen LogP contribution in [0.1, 0.15) is 35.8 Å². The van der Waals surface area contributed by atoms with Crippen LogP contribution in [-0.4, -0.2) is 6.61 Å². The van der Waals surface area contributed by atoms with Crippen LogP contribution < -0.4 is 0 Å². The van der Waals surface area contributed by atoms with E-state index in [1.165, 1.54) is 18.4 Å². The molecule has 0 aliphatic heterocycles. The number of hydrogen-bond donors (Lipinski definition) is 0. The average Bonchev–Trinajstić information content (AvgIpc) is 3.30. The summed E-state index contributed by atoms with van der Waals surface area (Å²) in [5.41, 5.74) is 5.31. The van der Waals surface area contributed by atoms with Crippen molar-refractivity contribution < 1.29 is 9.84 Å². The largest absolute Gasteiger partial charge is 0.346 e. The third-order valence-corrected chi connectivity index (χ3v) is 4.21. The summed E-state index contributed by atoms with van der Waals surface area (Å²) in [5.74, 6) is 0.612. The van der Waals surface area contributed by atoms with Crippen LogP contribution in [0.3, 0.4) is 0 Å². The van der Waals surface area contributed by atoms with E-state index in [2.05, 4.69) is 19.1 Å². The predicted octanol–water partition coefficient (Wildman–Crippen LogP) is 4.83. The number of aryl methyl sites for hydroxylation is 1. The molecule has 109 valence electrons. The maximum Gasteiger partial charge on any atom is 0.217 e. The van der Waals surface area contributed by atoms with Crippen molar-refractivity contribution in [3.05, 3.63) is 59.2 Å². The van der Waals surface area contributed by atoms with E-state index < -0.39 is 6.29 Å². The molecular weight excluding hydrogens is 260 g/mol. The first-order valence-electron chi connectivity index (χ1n) is 7.59. The predicted molar refractivity (Wildman–Crippen MR) is 83.5 cm³/mol. The minimum Gasteiger partial charge on any atom is -0.346 e. The molecule has 0 aromatic heterocycles. The van der Waals surface area contributed by atoms with Crippen molar-refractivity contribution in [3.63, 3.8) is 0 Å². The van der Waals surface area contributed by atoms with Crippen LogP contribution >= 0.6 is 0 Å². The first-order chi connectivity index (χ1) is 10.2. The lowest BCUT2D eigenvalue weighted by atomic mass is 9.92. The van der Waals surface area contributed by atoms with Gasteiger partial charge in [0.25, 0.3) is 0 Å². The zero-order valence-electron chi connectivity index (χ0n) is 12.6. The molecule has 2 heteroatoms. The van der Waals surface area contributed by atoms with Crippen molar-refractivity contribution in [2.75, 3.05) is 6.61 Å². The Morgan fingerprint density at radius 2 is 1.81 bits per heavy atom. The van der Waals surface area contributed by atoms with Crippen LogP contribution in [0.4, 0.5) is 0 Å². The van der Waals surface area contributed by atoms with Crippen molar-refractivity contribution in [2.45, 2.75) is 33.0 Å². The SMILES string of the molecule is Cc1ccc(C([O])OCC2CC2)c(C)c1-c1ccccc1. The number of benzene rings is 2. The minimum absolute atomic E-state index is 0.599. The van der Waals surface area contributed by atoms with E-state index in [-0.39, 0.29) is 0 Å². The summed E-state index contributed by atoms with van der Waals surface area (Å²) in [6.45, 7) is 4.71. The molecule has 1 saturated carbocycles. The van der Waals surface area contributed by atoms with Gasteiger partial charge < -0.3 is 4.74 Å². The normalized spacial score (nSPS) is 16.0. The summed E-state index contributed by atoms with van der Waals surface area (Å²) < 4.78 is 5.51. The molecule has 1 atom stereocenters. The van der Waals surface area contributed by atoms with Gasteiger partial charge in [0.05, 0.1) is 6.61 Å². The van der Waals surface area contributed by atoms with Crippen LogP contribution in [0, 0.1) is 19.8 Å². The molecule has 0 amide bonds. The lowest BCUT2D eigenvalue weighted by Gasteiger charge is -2.18. The van der Waals surface area contributed by atoms with Crippen LogP contribution in [0.2, 0.25) is 0 Å². The Morgan fingerprint density at radius 1 is 1.10 bits per heavy atom. The molecule has 0 saturated heterocycles. The highest BCUT2D eigenvalue weighted by Crippen LogP contribution is 2.34. The lowest BCUT2D eigenvalue weighted by molar-refractivity contribution is -0.147. The molecule has 1 radical (unpaired) electrons. The molecular formula is C19H21O2. The van der Waals surface area contributed by atoms with Gasteiger partial charge in [0, 0.05) is 5.56 Å². The summed E-state index contributed by atoms with van der Waals surface area (Å²) in [5, 5.41) is 12.4. The summed E-state index contributed by atoms with van der Waals surface area (Å²) in [6.07, 6.45) is 1.33. The molecule has 2 nitrogen and oxygen atoms in total. The fraction of sp³-hybridized carbons (Fsp3) is 0.368. The third kappa shape index (κ3) is 3.17. The van der Waals surface area contributed by atoms with Gasteiger partial charge in [-0.3, -0.25) is 0 Å². The van der Waals surface area contributed by atoms with Crippen LogP contribution in [0.5, 0.6) is 0 Å². The van der Waals surface area contributed by atoms with E-state index in [0.29, 0.717) is 12.5 Å². The van der Waals surface area contributed by atoms with E-state index in [4.69, 9.17) is 4.74 Å². The van der Waals surface area contributed by atoms with Crippen LogP contribution in [0.15, 0.2) is 42.5 Å². The summed E-state index contributed by atoms with van der Waals surface area (Å²) in [7, 11) is 0. The Morgan fingerprint density at radius 3 is 2.48 bits per heavy atom. The Hall–Kier alpha value is -1.64. The second kappa shape index (κ2) is 6.00. The lowest BCUT2D eigenvalue weighted by Crippen LogP contribution is -2.07. The van der Waals surface area contributed by atoms with E-state index in [9.17, 15) is 5.11 Å². The summed E-state index contributed by atoms with van der Waals surface area (Å²) in [4.78, 5) is 0. The first kappa shape index (κ1) is 14.3. The number of ether oxygens (including phenoxy) is 1. The highest BCUT2D eigenvalue weighted by atomic mass is 16.6. The molecule has 21 heavy (non-hydrogen) atoms. The second-order valence-electron chi connectivity index (χ2n) is 5.95. The van der Waals surface area contributed by atoms with Gasteiger partial charge in [0.15, 0.2) is 0 Å². The van der Waals surface area contributed by atoms with Crippen molar-refractivity contribution >= 4 is 0 Å². The Balaban J connectivity index is 1.91. The molecule has 0 spiro atoms. The zero-order valence-corrected chi connectivity index (χ0v) is 12.6. The highest BCUT2D eigenvalue weighted by molar-refractivity contribution is 5.72. The Bertz CT molecular complexity index is 615. The van der Waals surface area contributed by atoms with Crippen molar-refractivity contribution in [1.82, 2.24) is 0 Å². The maximum absolute atomic E-state index is 12.4. The fourth-order valence-electron chi connectivity index (χ4n) is 2.77. The Kier molecular flexibility index (Phi) is 4.09. The van der Waals surface area contributed by atoms with Gasteiger partial charge in [-0.1, -0.05) is 42.5 Å². The monoisotopic (exact) mass is 281 g/mol. The van der Waals surface area contributed by atoms with Gasteiger partial charge in [-0.15, -0.1) is 0 Å². The molecule has 0 heterocycles.